The van der Waals surface area contributed by atoms with E-state index in [1.807, 2.05) is 18.2 Å². The summed E-state index contributed by atoms with van der Waals surface area (Å²) in [5.41, 5.74) is 1.47. The Labute approximate surface area is 118 Å². The second kappa shape index (κ2) is 7.05. The van der Waals surface area contributed by atoms with Crippen LogP contribution in [0.1, 0.15) is 28.8 Å². The van der Waals surface area contributed by atoms with Gasteiger partial charge in [0.05, 0.1) is 12.7 Å². The molecule has 0 spiro atoms. The van der Waals surface area contributed by atoms with E-state index >= 15 is 0 Å². The van der Waals surface area contributed by atoms with Gasteiger partial charge in [-0.25, -0.2) is 4.79 Å². The molecule has 1 aliphatic carbocycles. The summed E-state index contributed by atoms with van der Waals surface area (Å²) in [5, 5.41) is 6.10. The summed E-state index contributed by atoms with van der Waals surface area (Å²) in [6.07, 6.45) is 2.04. The average Bonchev–Trinajstić information content (AvgIpc) is 3.31. The van der Waals surface area contributed by atoms with Crippen molar-refractivity contribution in [3.05, 3.63) is 35.4 Å². The topological polar surface area (TPSA) is 67.4 Å². The van der Waals surface area contributed by atoms with Crippen LogP contribution >= 0.6 is 0 Å². The molecule has 0 aromatic heterocycles. The smallest absolute Gasteiger partial charge is 0.338 e. The van der Waals surface area contributed by atoms with E-state index in [0.717, 1.165) is 18.4 Å². The van der Waals surface area contributed by atoms with Crippen LogP contribution in [0, 0.1) is 5.92 Å². The second-order valence-corrected chi connectivity index (χ2v) is 4.89. The fraction of sp³-hybridized carbons (Fsp3) is 0.467. The highest BCUT2D eigenvalue weighted by atomic mass is 16.5. The van der Waals surface area contributed by atoms with Crippen LogP contribution in [0.4, 0.5) is 0 Å². The molecule has 1 amide bonds. The van der Waals surface area contributed by atoms with Gasteiger partial charge >= 0.3 is 5.97 Å². The van der Waals surface area contributed by atoms with E-state index in [4.69, 9.17) is 4.74 Å². The number of hydrogen-bond acceptors (Lipinski definition) is 4. The van der Waals surface area contributed by atoms with E-state index in [1.54, 1.807) is 6.07 Å². The van der Waals surface area contributed by atoms with Gasteiger partial charge in [-0.2, -0.15) is 0 Å². The maximum atomic E-state index is 11.6. The zero-order valence-corrected chi connectivity index (χ0v) is 11.6. The number of ether oxygens (including phenoxy) is 1. The monoisotopic (exact) mass is 276 g/mol. The first-order chi connectivity index (χ1) is 9.72. The first-order valence-corrected chi connectivity index (χ1v) is 6.87. The lowest BCUT2D eigenvalue weighted by atomic mass is 10.1. The molecular formula is C15H20N2O3. The molecule has 5 nitrogen and oxygen atoms in total. The van der Waals surface area contributed by atoms with Crippen molar-refractivity contribution in [3.8, 4) is 0 Å². The Morgan fingerprint density at radius 1 is 1.25 bits per heavy atom. The maximum absolute atomic E-state index is 11.6. The Hall–Kier alpha value is -1.88. The zero-order valence-electron chi connectivity index (χ0n) is 11.6. The number of nitrogens with one attached hydrogen (secondary N) is 2. The molecule has 2 rings (SSSR count). The molecule has 5 heteroatoms. The van der Waals surface area contributed by atoms with Gasteiger partial charge in [-0.05, 0) is 24.5 Å². The van der Waals surface area contributed by atoms with Crippen LogP contribution in [0.15, 0.2) is 24.3 Å². The minimum Gasteiger partial charge on any atom is -0.465 e. The molecule has 108 valence electrons. The molecule has 1 aromatic carbocycles. The molecule has 0 atom stereocenters. The van der Waals surface area contributed by atoms with Gasteiger partial charge in [0.15, 0.2) is 0 Å². The highest BCUT2D eigenvalue weighted by molar-refractivity contribution is 5.90. The van der Waals surface area contributed by atoms with Crippen molar-refractivity contribution in [1.29, 1.82) is 0 Å². The lowest BCUT2D eigenvalue weighted by Crippen LogP contribution is -2.32. The molecule has 0 aliphatic heterocycles. The van der Waals surface area contributed by atoms with E-state index in [1.165, 1.54) is 7.11 Å². The summed E-state index contributed by atoms with van der Waals surface area (Å²) < 4.78 is 4.75. The fourth-order valence-corrected chi connectivity index (χ4v) is 1.97. The van der Waals surface area contributed by atoms with Gasteiger partial charge in [-0.1, -0.05) is 18.2 Å². The first-order valence-electron chi connectivity index (χ1n) is 6.87. The molecular weight excluding hydrogens is 256 g/mol. The molecule has 0 unspecified atom stereocenters. The van der Waals surface area contributed by atoms with Crippen LogP contribution in [0.25, 0.3) is 0 Å². The van der Waals surface area contributed by atoms with E-state index in [0.29, 0.717) is 25.2 Å². The van der Waals surface area contributed by atoms with Gasteiger partial charge in [-0.3, -0.25) is 4.79 Å². The number of rotatable bonds is 7. The van der Waals surface area contributed by atoms with Crippen LogP contribution in [-0.2, 0) is 16.1 Å². The normalized spacial score (nSPS) is 13.8. The van der Waals surface area contributed by atoms with E-state index in [-0.39, 0.29) is 17.8 Å². The lowest BCUT2D eigenvalue weighted by molar-refractivity contribution is -0.122. The third-order valence-electron chi connectivity index (χ3n) is 3.29. The third kappa shape index (κ3) is 4.06. The van der Waals surface area contributed by atoms with Gasteiger partial charge < -0.3 is 15.4 Å². The average molecular weight is 276 g/mol. The first kappa shape index (κ1) is 14.5. The Morgan fingerprint density at radius 2 is 2.00 bits per heavy atom. The quantitative estimate of drug-likeness (QED) is 0.578. The van der Waals surface area contributed by atoms with Crippen LogP contribution in [-0.4, -0.2) is 32.1 Å². The van der Waals surface area contributed by atoms with E-state index in [2.05, 4.69) is 10.6 Å². The second-order valence-electron chi connectivity index (χ2n) is 4.89. The Morgan fingerprint density at radius 3 is 2.70 bits per heavy atom. The van der Waals surface area contributed by atoms with Crippen LogP contribution < -0.4 is 10.6 Å². The zero-order chi connectivity index (χ0) is 14.4. The standard InChI is InChI=1S/C15H20N2O3/c1-20-15(19)13-5-3-2-4-12(13)10-16-8-9-17-14(18)11-6-7-11/h2-5,11,16H,6-10H2,1H3,(H,17,18). The molecule has 20 heavy (non-hydrogen) atoms. The Bertz CT molecular complexity index is 484. The number of esters is 1. The van der Waals surface area contributed by atoms with Crippen LogP contribution in [0.3, 0.4) is 0 Å². The van der Waals surface area contributed by atoms with E-state index < -0.39 is 0 Å². The number of methoxy groups -OCH3 is 1. The summed E-state index contributed by atoms with van der Waals surface area (Å²) in [6.45, 7) is 1.86. The summed E-state index contributed by atoms with van der Waals surface area (Å²) in [6, 6.07) is 7.34. The summed E-state index contributed by atoms with van der Waals surface area (Å²) in [7, 11) is 1.37. The van der Waals surface area contributed by atoms with Crippen molar-refractivity contribution in [2.45, 2.75) is 19.4 Å². The van der Waals surface area contributed by atoms with Gasteiger partial charge in [0.1, 0.15) is 0 Å². The summed E-state index contributed by atoms with van der Waals surface area (Å²) in [4.78, 5) is 23.0. The molecule has 0 radical (unpaired) electrons. The van der Waals surface area contributed by atoms with Gasteiger partial charge in [-0.15, -0.1) is 0 Å². The predicted octanol–water partition coefficient (Wildman–Crippen LogP) is 1.09. The number of benzene rings is 1. The minimum atomic E-state index is -0.329. The molecule has 1 fully saturated rings. The van der Waals surface area contributed by atoms with Crippen LogP contribution in [0.5, 0.6) is 0 Å². The highest BCUT2D eigenvalue weighted by Gasteiger charge is 2.28. The summed E-state index contributed by atoms with van der Waals surface area (Å²) in [5.74, 6) is 0.0706. The highest BCUT2D eigenvalue weighted by Crippen LogP contribution is 2.28. The number of hydrogen-bond donors (Lipinski definition) is 2. The van der Waals surface area contributed by atoms with Gasteiger partial charge in [0, 0.05) is 25.6 Å². The van der Waals surface area contributed by atoms with Crippen LogP contribution in [0.2, 0.25) is 0 Å². The Kier molecular flexibility index (Phi) is 5.12. The van der Waals surface area contributed by atoms with E-state index in [9.17, 15) is 9.59 Å². The lowest BCUT2D eigenvalue weighted by Gasteiger charge is -2.09. The van der Waals surface area contributed by atoms with Crippen molar-refractivity contribution < 1.29 is 14.3 Å². The molecule has 0 bridgehead atoms. The Balaban J connectivity index is 1.73. The molecule has 2 N–H and O–H groups in total. The third-order valence-corrected chi connectivity index (χ3v) is 3.29. The number of carbonyl (C=O) groups is 2. The van der Waals surface area contributed by atoms with Crippen molar-refractivity contribution in [3.63, 3.8) is 0 Å². The summed E-state index contributed by atoms with van der Waals surface area (Å²) >= 11 is 0. The van der Waals surface area contributed by atoms with Crippen molar-refractivity contribution in [1.82, 2.24) is 10.6 Å². The fourth-order valence-electron chi connectivity index (χ4n) is 1.97. The number of amides is 1. The molecule has 1 aromatic rings. The maximum Gasteiger partial charge on any atom is 0.338 e. The molecule has 0 heterocycles. The number of carbonyl (C=O) groups excluding carboxylic acids is 2. The predicted molar refractivity (Wildman–Crippen MR) is 75.2 cm³/mol. The van der Waals surface area contributed by atoms with Crippen molar-refractivity contribution in [2.75, 3.05) is 20.2 Å². The molecule has 0 saturated heterocycles. The molecule has 1 aliphatic rings. The van der Waals surface area contributed by atoms with Crippen molar-refractivity contribution in [2.24, 2.45) is 5.92 Å². The van der Waals surface area contributed by atoms with Crippen molar-refractivity contribution >= 4 is 11.9 Å². The van der Waals surface area contributed by atoms with Gasteiger partial charge in [0.2, 0.25) is 5.91 Å². The minimum absolute atomic E-state index is 0.154. The largest absolute Gasteiger partial charge is 0.465 e. The van der Waals surface area contributed by atoms with Gasteiger partial charge in [0.25, 0.3) is 0 Å². The SMILES string of the molecule is COC(=O)c1ccccc1CNCCNC(=O)C1CC1. The molecule has 1 saturated carbocycles.